The molecule has 1 aliphatic heterocycles. The first-order valence-electron chi connectivity index (χ1n) is 9.24. The van der Waals surface area contributed by atoms with Gasteiger partial charge in [-0.2, -0.15) is 0 Å². The third-order valence-corrected chi connectivity index (χ3v) is 4.42. The van der Waals surface area contributed by atoms with Gasteiger partial charge >= 0.3 is 0 Å². The molecular formula is C20H30ClN3O3. The number of benzene rings is 1. The minimum atomic E-state index is -0.261. The molecule has 1 saturated heterocycles. The second-order valence-corrected chi connectivity index (χ2v) is 7.96. The maximum absolute atomic E-state index is 8.04. The van der Waals surface area contributed by atoms with Gasteiger partial charge in [0.05, 0.1) is 11.6 Å². The quantitative estimate of drug-likeness (QED) is 0.444. The Morgan fingerprint density at radius 2 is 2.15 bits per heavy atom. The summed E-state index contributed by atoms with van der Waals surface area (Å²) in [6, 6.07) is 5.33. The van der Waals surface area contributed by atoms with E-state index in [-0.39, 0.29) is 11.7 Å². The molecule has 6 nitrogen and oxygen atoms in total. The summed E-state index contributed by atoms with van der Waals surface area (Å²) in [7, 11) is 0. The Bertz CT molecular complexity index is 665. The molecule has 0 aliphatic carbocycles. The van der Waals surface area contributed by atoms with E-state index >= 15 is 0 Å². The van der Waals surface area contributed by atoms with Crippen LogP contribution < -0.4 is 15.8 Å². The number of ether oxygens (including phenoxy) is 3. The summed E-state index contributed by atoms with van der Waals surface area (Å²) in [6.45, 7) is 7.47. The van der Waals surface area contributed by atoms with Crippen molar-refractivity contribution in [3.05, 3.63) is 35.1 Å². The van der Waals surface area contributed by atoms with Crippen molar-refractivity contribution in [2.75, 3.05) is 25.1 Å². The van der Waals surface area contributed by atoms with Gasteiger partial charge in [0.1, 0.15) is 18.2 Å². The molecule has 1 aromatic rings. The standard InChI is InChI=1S/C20H30ClN3O3/c1-20(2,3)17(22)13-18(23)24-14-7-8-15(21)16(12-14)25-10-11-27-19-6-4-5-9-26-19/h7-8,12-13,19,22,24H,4-6,9-11,23H2,1-3H3/b18-13-,22-17?. The van der Waals surface area contributed by atoms with Crippen LogP contribution in [0.5, 0.6) is 5.75 Å². The van der Waals surface area contributed by atoms with Crippen molar-refractivity contribution >= 4 is 23.0 Å². The molecule has 1 unspecified atom stereocenters. The van der Waals surface area contributed by atoms with Crippen molar-refractivity contribution in [2.45, 2.75) is 46.3 Å². The van der Waals surface area contributed by atoms with Gasteiger partial charge in [-0.05, 0) is 37.5 Å². The van der Waals surface area contributed by atoms with Crippen LogP contribution in [0.1, 0.15) is 40.0 Å². The average Bonchev–Trinajstić information content (AvgIpc) is 2.61. The molecule has 27 heavy (non-hydrogen) atoms. The van der Waals surface area contributed by atoms with E-state index in [1.165, 1.54) is 0 Å². The maximum atomic E-state index is 8.04. The van der Waals surface area contributed by atoms with Crippen molar-refractivity contribution in [1.82, 2.24) is 0 Å². The van der Waals surface area contributed by atoms with Crippen molar-refractivity contribution < 1.29 is 14.2 Å². The Morgan fingerprint density at radius 1 is 1.37 bits per heavy atom. The predicted octanol–water partition coefficient (Wildman–Crippen LogP) is 4.54. The summed E-state index contributed by atoms with van der Waals surface area (Å²) in [5.41, 5.74) is 6.92. The van der Waals surface area contributed by atoms with Crippen molar-refractivity contribution in [2.24, 2.45) is 11.1 Å². The Morgan fingerprint density at radius 3 is 2.81 bits per heavy atom. The van der Waals surface area contributed by atoms with E-state index in [4.69, 9.17) is 37.0 Å². The number of anilines is 1. The number of hydrogen-bond donors (Lipinski definition) is 3. The molecule has 1 aromatic carbocycles. The molecule has 0 radical (unpaired) electrons. The highest BCUT2D eigenvalue weighted by Gasteiger charge is 2.16. The number of nitrogens with one attached hydrogen (secondary N) is 2. The monoisotopic (exact) mass is 395 g/mol. The second-order valence-electron chi connectivity index (χ2n) is 7.55. The fourth-order valence-corrected chi connectivity index (χ4v) is 2.61. The highest BCUT2D eigenvalue weighted by Crippen LogP contribution is 2.28. The largest absolute Gasteiger partial charge is 0.490 e. The summed E-state index contributed by atoms with van der Waals surface area (Å²) < 4.78 is 16.9. The zero-order valence-corrected chi connectivity index (χ0v) is 17.1. The minimum absolute atomic E-state index is 0.131. The van der Waals surface area contributed by atoms with Gasteiger partial charge in [-0.3, -0.25) is 0 Å². The Balaban J connectivity index is 1.87. The van der Waals surface area contributed by atoms with E-state index < -0.39 is 0 Å². The topological polar surface area (TPSA) is 89.6 Å². The second kappa shape index (κ2) is 9.97. The molecule has 0 aromatic heterocycles. The summed E-state index contributed by atoms with van der Waals surface area (Å²) in [6.07, 6.45) is 4.64. The van der Waals surface area contributed by atoms with Gasteiger partial charge in [-0.25, -0.2) is 0 Å². The fourth-order valence-electron chi connectivity index (χ4n) is 2.44. The summed E-state index contributed by atoms with van der Waals surface area (Å²) >= 11 is 6.21. The fraction of sp³-hybridized carbons (Fsp3) is 0.550. The lowest BCUT2D eigenvalue weighted by molar-refractivity contribution is -0.165. The third-order valence-electron chi connectivity index (χ3n) is 4.11. The van der Waals surface area contributed by atoms with E-state index in [1.807, 2.05) is 26.8 Å². The average molecular weight is 396 g/mol. The summed E-state index contributed by atoms with van der Waals surface area (Å²) in [5, 5.41) is 11.6. The van der Waals surface area contributed by atoms with Crippen LogP contribution in [0.15, 0.2) is 30.1 Å². The molecule has 1 heterocycles. The first-order valence-corrected chi connectivity index (χ1v) is 9.62. The van der Waals surface area contributed by atoms with Crippen molar-refractivity contribution in [3.63, 3.8) is 0 Å². The van der Waals surface area contributed by atoms with Gasteiger partial charge in [0.2, 0.25) is 0 Å². The molecular weight excluding hydrogens is 366 g/mol. The van der Waals surface area contributed by atoms with Gasteiger partial charge in [0.25, 0.3) is 0 Å². The number of allylic oxidation sites excluding steroid dienone is 1. The van der Waals surface area contributed by atoms with Crippen molar-refractivity contribution in [3.8, 4) is 5.75 Å². The van der Waals surface area contributed by atoms with E-state index in [9.17, 15) is 0 Å². The van der Waals surface area contributed by atoms with Gasteiger partial charge in [-0.1, -0.05) is 32.4 Å². The molecule has 0 bridgehead atoms. The lowest BCUT2D eigenvalue weighted by Gasteiger charge is -2.22. The van der Waals surface area contributed by atoms with E-state index in [0.29, 0.717) is 35.5 Å². The molecule has 2 rings (SSSR count). The smallest absolute Gasteiger partial charge is 0.157 e. The highest BCUT2D eigenvalue weighted by molar-refractivity contribution is 6.32. The van der Waals surface area contributed by atoms with Crippen LogP contribution in [0.25, 0.3) is 0 Å². The normalized spacial score (nSPS) is 18.2. The molecule has 1 fully saturated rings. The molecule has 0 spiro atoms. The van der Waals surface area contributed by atoms with E-state index in [0.717, 1.165) is 31.6 Å². The Labute approximate surface area is 166 Å². The van der Waals surface area contributed by atoms with Crippen LogP contribution in [-0.2, 0) is 9.47 Å². The zero-order valence-electron chi connectivity index (χ0n) is 16.3. The SMILES string of the molecule is CC(C)(C)C(=N)/C=C(/N)Nc1ccc(Cl)c(OCCOC2CCCCO2)c1. The third kappa shape index (κ3) is 7.40. The summed E-state index contributed by atoms with van der Waals surface area (Å²) in [5.74, 6) is 0.939. The number of halogens is 1. The van der Waals surface area contributed by atoms with Crippen LogP contribution in [0.2, 0.25) is 5.02 Å². The molecule has 1 aliphatic rings. The predicted molar refractivity (Wildman–Crippen MR) is 110 cm³/mol. The first-order chi connectivity index (χ1) is 12.8. The van der Waals surface area contributed by atoms with E-state index in [2.05, 4.69) is 5.32 Å². The molecule has 0 amide bonds. The molecule has 1 atom stereocenters. The van der Waals surface area contributed by atoms with Crippen LogP contribution in [-0.4, -0.2) is 31.8 Å². The molecule has 7 heteroatoms. The van der Waals surface area contributed by atoms with Gasteiger partial charge in [0.15, 0.2) is 6.29 Å². The Hall–Kier alpha value is -1.76. The van der Waals surface area contributed by atoms with Crippen LogP contribution in [0.3, 0.4) is 0 Å². The van der Waals surface area contributed by atoms with Crippen LogP contribution in [0.4, 0.5) is 5.69 Å². The van der Waals surface area contributed by atoms with Crippen LogP contribution in [0, 0.1) is 10.8 Å². The molecule has 4 N–H and O–H groups in total. The zero-order chi connectivity index (χ0) is 19.9. The van der Waals surface area contributed by atoms with Crippen molar-refractivity contribution in [1.29, 1.82) is 5.41 Å². The number of hydrogen-bond acceptors (Lipinski definition) is 6. The van der Waals surface area contributed by atoms with Gasteiger partial charge in [-0.15, -0.1) is 0 Å². The Kier molecular flexibility index (Phi) is 7.95. The highest BCUT2D eigenvalue weighted by atomic mass is 35.5. The maximum Gasteiger partial charge on any atom is 0.157 e. The van der Waals surface area contributed by atoms with Crippen LogP contribution >= 0.6 is 11.6 Å². The minimum Gasteiger partial charge on any atom is -0.490 e. The molecule has 150 valence electrons. The number of nitrogens with two attached hydrogens (primary N) is 1. The van der Waals surface area contributed by atoms with Gasteiger partial charge < -0.3 is 30.7 Å². The summed E-state index contributed by atoms with van der Waals surface area (Å²) in [4.78, 5) is 0. The molecule has 0 saturated carbocycles. The lowest BCUT2D eigenvalue weighted by atomic mass is 9.90. The van der Waals surface area contributed by atoms with Gasteiger partial charge in [0, 0.05) is 29.5 Å². The number of rotatable bonds is 8. The lowest BCUT2D eigenvalue weighted by Crippen LogP contribution is -2.24. The first kappa shape index (κ1) is 21.5. The van der Waals surface area contributed by atoms with E-state index in [1.54, 1.807) is 18.2 Å².